The van der Waals surface area contributed by atoms with E-state index in [9.17, 15) is 9.59 Å². The fourth-order valence-corrected chi connectivity index (χ4v) is 1.59. The van der Waals surface area contributed by atoms with Crippen LogP contribution in [0.25, 0.3) is 0 Å². The van der Waals surface area contributed by atoms with Gasteiger partial charge in [0.05, 0.1) is 0 Å². The van der Waals surface area contributed by atoms with Gasteiger partial charge in [-0.1, -0.05) is 0 Å². The summed E-state index contributed by atoms with van der Waals surface area (Å²) in [5.74, 6) is -0.429. The van der Waals surface area contributed by atoms with Crippen LogP contribution < -0.4 is 16.4 Å². The Morgan fingerprint density at radius 3 is 2.38 bits per heavy atom. The second-order valence-corrected chi connectivity index (χ2v) is 3.25. The number of urea groups is 1. The van der Waals surface area contributed by atoms with E-state index in [1.807, 2.05) is 0 Å². The van der Waals surface area contributed by atoms with Gasteiger partial charge in [0.2, 0.25) is 0 Å². The van der Waals surface area contributed by atoms with Crippen molar-refractivity contribution in [2.45, 2.75) is 5.54 Å². The molecule has 1 atom stereocenters. The molecule has 2 heterocycles. The van der Waals surface area contributed by atoms with Crippen molar-refractivity contribution in [2.75, 3.05) is 6.54 Å². The Balaban J connectivity index is 0.00000128. The summed E-state index contributed by atoms with van der Waals surface area (Å²) < 4.78 is 0. The molecule has 1 aliphatic rings. The summed E-state index contributed by atoms with van der Waals surface area (Å²) >= 11 is 0. The van der Waals surface area contributed by atoms with E-state index in [1.165, 1.54) is 0 Å². The highest BCUT2D eigenvalue weighted by Gasteiger charge is 2.46. The fourth-order valence-electron chi connectivity index (χ4n) is 1.59. The first-order valence-corrected chi connectivity index (χ1v) is 4.43. The average molecular weight is 243 g/mol. The number of carbonyl (C=O) groups excluding carboxylic acids is 2. The monoisotopic (exact) mass is 242 g/mol. The van der Waals surface area contributed by atoms with Gasteiger partial charge in [-0.25, -0.2) is 4.79 Å². The Bertz CT molecular complexity index is 411. The molecular formula is C9H11ClN4O2. The van der Waals surface area contributed by atoms with Crippen molar-refractivity contribution in [1.29, 1.82) is 0 Å². The molecule has 2 rings (SSSR count). The Labute approximate surface area is 98.0 Å². The van der Waals surface area contributed by atoms with Crippen molar-refractivity contribution in [1.82, 2.24) is 15.6 Å². The van der Waals surface area contributed by atoms with E-state index in [1.54, 1.807) is 24.5 Å². The third-order valence-electron chi connectivity index (χ3n) is 2.42. The minimum absolute atomic E-state index is 0. The van der Waals surface area contributed by atoms with Gasteiger partial charge in [0.25, 0.3) is 5.91 Å². The number of hydrogen-bond acceptors (Lipinski definition) is 4. The zero-order valence-corrected chi connectivity index (χ0v) is 9.08. The third kappa shape index (κ3) is 1.72. The van der Waals surface area contributed by atoms with E-state index in [0.717, 1.165) is 0 Å². The standard InChI is InChI=1S/C9H10N4O2.ClH/c10-5-9(6-1-3-11-4-2-6)7(14)12-8(15)13-9;/h1-4H,5,10H2,(H2,12,13,14,15);1H. The maximum atomic E-state index is 11.6. The topological polar surface area (TPSA) is 97.1 Å². The van der Waals surface area contributed by atoms with Crippen molar-refractivity contribution >= 4 is 24.3 Å². The highest BCUT2D eigenvalue weighted by Crippen LogP contribution is 2.22. The molecule has 86 valence electrons. The second-order valence-electron chi connectivity index (χ2n) is 3.25. The van der Waals surface area contributed by atoms with Crippen LogP contribution in [0.4, 0.5) is 4.79 Å². The van der Waals surface area contributed by atoms with E-state index in [-0.39, 0.29) is 19.0 Å². The molecule has 0 saturated carbocycles. The van der Waals surface area contributed by atoms with Crippen LogP contribution in [0.2, 0.25) is 0 Å². The van der Waals surface area contributed by atoms with Gasteiger partial charge < -0.3 is 11.1 Å². The number of nitrogens with two attached hydrogens (primary N) is 1. The van der Waals surface area contributed by atoms with Crippen molar-refractivity contribution in [3.63, 3.8) is 0 Å². The Morgan fingerprint density at radius 1 is 1.31 bits per heavy atom. The van der Waals surface area contributed by atoms with Crippen molar-refractivity contribution in [2.24, 2.45) is 5.73 Å². The molecule has 0 aromatic carbocycles. The molecule has 0 radical (unpaired) electrons. The minimum atomic E-state index is -1.15. The Morgan fingerprint density at radius 2 is 1.94 bits per heavy atom. The Hall–Kier alpha value is -1.66. The van der Waals surface area contributed by atoms with Gasteiger partial charge in [0.15, 0.2) is 5.54 Å². The zero-order chi connectivity index (χ0) is 10.9. The van der Waals surface area contributed by atoms with Gasteiger partial charge in [-0.15, -0.1) is 12.4 Å². The van der Waals surface area contributed by atoms with Crippen molar-refractivity contribution in [3.05, 3.63) is 30.1 Å². The summed E-state index contributed by atoms with van der Waals surface area (Å²) in [6.07, 6.45) is 3.09. The summed E-state index contributed by atoms with van der Waals surface area (Å²) in [4.78, 5) is 26.6. The number of amides is 3. The third-order valence-corrected chi connectivity index (χ3v) is 2.42. The van der Waals surface area contributed by atoms with Gasteiger partial charge in [-0.3, -0.25) is 15.1 Å². The van der Waals surface area contributed by atoms with Crippen LogP contribution in [0.3, 0.4) is 0 Å². The molecule has 1 aromatic rings. The number of nitrogens with one attached hydrogen (secondary N) is 2. The molecule has 7 heteroatoms. The number of hydrogen-bond donors (Lipinski definition) is 3. The van der Waals surface area contributed by atoms with Gasteiger partial charge in [-0.05, 0) is 17.7 Å². The van der Waals surface area contributed by atoms with Crippen molar-refractivity contribution in [3.8, 4) is 0 Å². The summed E-state index contributed by atoms with van der Waals surface area (Å²) in [5.41, 5.74) is 5.03. The lowest BCUT2D eigenvalue weighted by Gasteiger charge is -2.24. The SMILES string of the molecule is Cl.NCC1(c2ccncc2)NC(=O)NC1=O. The molecular weight excluding hydrogens is 232 g/mol. The molecule has 6 nitrogen and oxygen atoms in total. The number of aromatic nitrogens is 1. The lowest BCUT2D eigenvalue weighted by molar-refractivity contribution is -0.123. The highest BCUT2D eigenvalue weighted by atomic mass is 35.5. The number of carbonyl (C=O) groups is 2. The normalized spacial score (nSPS) is 23.3. The predicted octanol–water partition coefficient (Wildman–Crippen LogP) is -0.503. The van der Waals surface area contributed by atoms with Crippen molar-refractivity contribution < 1.29 is 9.59 Å². The van der Waals surface area contributed by atoms with Crippen LogP contribution in [0.5, 0.6) is 0 Å². The second kappa shape index (κ2) is 4.46. The molecule has 1 aliphatic heterocycles. The van der Waals surface area contributed by atoms with E-state index < -0.39 is 17.5 Å². The molecule has 0 bridgehead atoms. The molecule has 0 spiro atoms. The van der Waals surface area contributed by atoms with Gasteiger partial charge in [0.1, 0.15) is 0 Å². The first kappa shape index (κ1) is 12.4. The molecule has 1 fully saturated rings. The molecule has 4 N–H and O–H groups in total. The largest absolute Gasteiger partial charge is 0.327 e. The van der Waals surface area contributed by atoms with Crippen LogP contribution in [0, 0.1) is 0 Å². The molecule has 3 amide bonds. The van der Waals surface area contributed by atoms with Gasteiger partial charge >= 0.3 is 6.03 Å². The number of halogens is 1. The van der Waals surface area contributed by atoms with Crippen LogP contribution >= 0.6 is 12.4 Å². The fraction of sp³-hybridized carbons (Fsp3) is 0.222. The zero-order valence-electron chi connectivity index (χ0n) is 8.27. The summed E-state index contributed by atoms with van der Waals surface area (Å²) in [7, 11) is 0. The first-order chi connectivity index (χ1) is 7.19. The van der Waals surface area contributed by atoms with E-state index in [0.29, 0.717) is 5.56 Å². The number of nitrogens with zero attached hydrogens (tertiary/aromatic N) is 1. The Kier molecular flexibility index (Phi) is 3.46. The van der Waals surface area contributed by atoms with Gasteiger partial charge in [0, 0.05) is 18.9 Å². The number of pyridine rings is 1. The lowest BCUT2D eigenvalue weighted by Crippen LogP contribution is -2.49. The smallest absolute Gasteiger partial charge is 0.322 e. The van der Waals surface area contributed by atoms with Crippen LogP contribution in [0.1, 0.15) is 5.56 Å². The molecule has 0 aliphatic carbocycles. The summed E-state index contributed by atoms with van der Waals surface area (Å²) in [6, 6.07) is 2.78. The van der Waals surface area contributed by atoms with Crippen LogP contribution in [0.15, 0.2) is 24.5 Å². The predicted molar refractivity (Wildman–Crippen MR) is 58.9 cm³/mol. The van der Waals surface area contributed by atoms with E-state index in [4.69, 9.17) is 5.73 Å². The van der Waals surface area contributed by atoms with Crippen LogP contribution in [-0.4, -0.2) is 23.5 Å². The summed E-state index contributed by atoms with van der Waals surface area (Å²) in [5, 5.41) is 4.70. The quantitative estimate of drug-likeness (QED) is 0.609. The number of imide groups is 1. The molecule has 1 aromatic heterocycles. The molecule has 1 saturated heterocycles. The first-order valence-electron chi connectivity index (χ1n) is 4.43. The molecule has 16 heavy (non-hydrogen) atoms. The van der Waals surface area contributed by atoms with E-state index >= 15 is 0 Å². The van der Waals surface area contributed by atoms with Gasteiger partial charge in [-0.2, -0.15) is 0 Å². The highest BCUT2D eigenvalue weighted by molar-refractivity contribution is 6.07. The summed E-state index contributed by atoms with van der Waals surface area (Å²) in [6.45, 7) is 0.00852. The molecule has 1 unspecified atom stereocenters. The van der Waals surface area contributed by atoms with E-state index in [2.05, 4.69) is 15.6 Å². The lowest BCUT2D eigenvalue weighted by atomic mass is 9.91. The minimum Gasteiger partial charge on any atom is -0.327 e. The number of rotatable bonds is 2. The average Bonchev–Trinajstić information content (AvgIpc) is 2.56. The maximum absolute atomic E-state index is 11.6. The maximum Gasteiger partial charge on any atom is 0.322 e. The van der Waals surface area contributed by atoms with Crippen LogP contribution in [-0.2, 0) is 10.3 Å².